The third-order valence-corrected chi connectivity index (χ3v) is 3.66. The Kier molecular flexibility index (Phi) is 6.11. The number of ether oxygens (including phenoxy) is 2. The third kappa shape index (κ3) is 5.02. The van der Waals surface area contributed by atoms with Gasteiger partial charge in [-0.3, -0.25) is 4.79 Å². The first-order valence-electron chi connectivity index (χ1n) is 8.34. The van der Waals surface area contributed by atoms with E-state index >= 15 is 0 Å². The molecule has 0 fully saturated rings. The van der Waals surface area contributed by atoms with Crippen LogP contribution in [0.2, 0.25) is 0 Å². The van der Waals surface area contributed by atoms with E-state index in [1.807, 2.05) is 60.7 Å². The SMILES string of the molecule is O=C(COc1ccccc1)NCC#CCOc1cccc2ccccc12. The van der Waals surface area contributed by atoms with Gasteiger partial charge in [-0.05, 0) is 23.6 Å². The average Bonchev–Trinajstić information content (AvgIpc) is 2.70. The molecule has 4 heteroatoms. The van der Waals surface area contributed by atoms with Crippen LogP contribution in [0.4, 0.5) is 0 Å². The standard InChI is InChI=1S/C22H19NO3/c24-22(17-26-19-11-2-1-3-12-19)23-15-6-7-16-25-21-14-8-10-18-9-4-5-13-20(18)21/h1-5,8-14H,15-17H2,(H,23,24). The zero-order valence-electron chi connectivity index (χ0n) is 14.3. The number of para-hydroxylation sites is 1. The van der Waals surface area contributed by atoms with Crippen molar-refractivity contribution in [3.8, 4) is 23.3 Å². The van der Waals surface area contributed by atoms with Gasteiger partial charge in [0.1, 0.15) is 18.1 Å². The topological polar surface area (TPSA) is 47.6 Å². The van der Waals surface area contributed by atoms with Gasteiger partial charge in [0.05, 0.1) is 6.54 Å². The molecular formula is C22H19NO3. The van der Waals surface area contributed by atoms with Crippen LogP contribution in [0.5, 0.6) is 11.5 Å². The lowest BCUT2D eigenvalue weighted by atomic mass is 10.1. The summed E-state index contributed by atoms with van der Waals surface area (Å²) in [5, 5.41) is 4.87. The van der Waals surface area contributed by atoms with Crippen molar-refractivity contribution in [1.29, 1.82) is 0 Å². The van der Waals surface area contributed by atoms with E-state index in [0.717, 1.165) is 16.5 Å². The zero-order valence-corrected chi connectivity index (χ0v) is 14.3. The molecule has 0 bridgehead atoms. The molecule has 0 atom stereocenters. The smallest absolute Gasteiger partial charge is 0.258 e. The van der Waals surface area contributed by atoms with E-state index in [4.69, 9.17) is 9.47 Å². The molecule has 1 amide bonds. The Hall–Kier alpha value is -3.45. The molecule has 0 heterocycles. The van der Waals surface area contributed by atoms with E-state index in [1.165, 1.54) is 0 Å². The number of fused-ring (bicyclic) bond motifs is 1. The fourth-order valence-electron chi connectivity index (χ4n) is 2.41. The summed E-state index contributed by atoms with van der Waals surface area (Å²) in [6, 6.07) is 23.2. The summed E-state index contributed by atoms with van der Waals surface area (Å²) in [6.45, 7) is 0.498. The van der Waals surface area contributed by atoms with Gasteiger partial charge < -0.3 is 14.8 Å². The molecule has 0 saturated carbocycles. The summed E-state index contributed by atoms with van der Waals surface area (Å²) in [6.07, 6.45) is 0. The highest BCUT2D eigenvalue weighted by atomic mass is 16.5. The van der Waals surface area contributed by atoms with Gasteiger partial charge in [-0.25, -0.2) is 0 Å². The van der Waals surface area contributed by atoms with Crippen LogP contribution in [-0.4, -0.2) is 25.7 Å². The van der Waals surface area contributed by atoms with Crippen LogP contribution in [0.1, 0.15) is 0 Å². The number of nitrogens with one attached hydrogen (secondary N) is 1. The molecular weight excluding hydrogens is 326 g/mol. The van der Waals surface area contributed by atoms with Crippen LogP contribution in [0, 0.1) is 11.8 Å². The number of carbonyl (C=O) groups excluding carboxylic acids is 1. The van der Waals surface area contributed by atoms with Gasteiger partial charge in [0, 0.05) is 5.39 Å². The Morgan fingerprint density at radius 1 is 0.846 bits per heavy atom. The van der Waals surface area contributed by atoms with E-state index in [2.05, 4.69) is 17.2 Å². The Balaban J connectivity index is 1.39. The van der Waals surface area contributed by atoms with Gasteiger partial charge in [-0.15, -0.1) is 0 Å². The Labute approximate surface area is 152 Å². The quantitative estimate of drug-likeness (QED) is 0.697. The molecule has 0 aromatic heterocycles. The molecule has 26 heavy (non-hydrogen) atoms. The van der Waals surface area contributed by atoms with Crippen LogP contribution in [-0.2, 0) is 4.79 Å². The number of hydrogen-bond donors (Lipinski definition) is 1. The van der Waals surface area contributed by atoms with E-state index < -0.39 is 0 Å². The molecule has 3 aromatic rings. The molecule has 3 aromatic carbocycles. The van der Waals surface area contributed by atoms with Crippen molar-refractivity contribution in [2.45, 2.75) is 0 Å². The second-order valence-electron chi connectivity index (χ2n) is 5.50. The second-order valence-corrected chi connectivity index (χ2v) is 5.50. The van der Waals surface area contributed by atoms with Crippen molar-refractivity contribution < 1.29 is 14.3 Å². The Bertz CT molecular complexity index is 921. The zero-order chi connectivity index (χ0) is 18.0. The minimum Gasteiger partial charge on any atom is -0.484 e. The Morgan fingerprint density at radius 3 is 2.50 bits per heavy atom. The van der Waals surface area contributed by atoms with Gasteiger partial charge in [0.25, 0.3) is 5.91 Å². The Morgan fingerprint density at radius 2 is 1.62 bits per heavy atom. The molecule has 0 aliphatic heterocycles. The summed E-state index contributed by atoms with van der Waals surface area (Å²) in [5.74, 6) is 7.03. The maximum Gasteiger partial charge on any atom is 0.258 e. The predicted molar refractivity (Wildman–Crippen MR) is 102 cm³/mol. The second kappa shape index (κ2) is 9.14. The fourth-order valence-corrected chi connectivity index (χ4v) is 2.41. The highest BCUT2D eigenvalue weighted by Crippen LogP contribution is 2.24. The van der Waals surface area contributed by atoms with E-state index in [-0.39, 0.29) is 25.7 Å². The van der Waals surface area contributed by atoms with Crippen molar-refractivity contribution in [3.63, 3.8) is 0 Å². The molecule has 0 saturated heterocycles. The van der Waals surface area contributed by atoms with Gasteiger partial charge in [0.15, 0.2) is 6.61 Å². The average molecular weight is 345 g/mol. The van der Waals surface area contributed by atoms with Crippen molar-refractivity contribution in [2.24, 2.45) is 0 Å². The van der Waals surface area contributed by atoms with E-state index in [1.54, 1.807) is 12.1 Å². The van der Waals surface area contributed by atoms with Crippen LogP contribution < -0.4 is 14.8 Å². The van der Waals surface area contributed by atoms with Crippen LogP contribution in [0.3, 0.4) is 0 Å². The minimum atomic E-state index is -0.210. The van der Waals surface area contributed by atoms with Crippen molar-refractivity contribution in [3.05, 3.63) is 72.8 Å². The number of rotatable bonds is 6. The predicted octanol–water partition coefficient (Wildman–Crippen LogP) is 3.42. The van der Waals surface area contributed by atoms with Crippen molar-refractivity contribution in [1.82, 2.24) is 5.32 Å². The first-order valence-corrected chi connectivity index (χ1v) is 8.34. The fraction of sp³-hybridized carbons (Fsp3) is 0.136. The summed E-state index contributed by atoms with van der Waals surface area (Å²) < 4.78 is 11.1. The molecule has 0 unspecified atom stereocenters. The summed E-state index contributed by atoms with van der Waals surface area (Å²) in [7, 11) is 0. The van der Waals surface area contributed by atoms with Gasteiger partial charge in [-0.1, -0.05) is 66.4 Å². The normalized spacial score (nSPS) is 9.85. The number of hydrogen-bond acceptors (Lipinski definition) is 3. The first kappa shape index (κ1) is 17.4. The molecule has 3 rings (SSSR count). The van der Waals surface area contributed by atoms with E-state index in [0.29, 0.717) is 5.75 Å². The molecule has 0 aliphatic carbocycles. The maximum atomic E-state index is 11.7. The van der Waals surface area contributed by atoms with E-state index in [9.17, 15) is 4.79 Å². The minimum absolute atomic E-state index is 0.0296. The number of carbonyl (C=O) groups is 1. The lowest BCUT2D eigenvalue weighted by Crippen LogP contribution is -2.29. The van der Waals surface area contributed by atoms with Crippen LogP contribution in [0.15, 0.2) is 72.8 Å². The lowest BCUT2D eigenvalue weighted by Gasteiger charge is -2.06. The monoisotopic (exact) mass is 345 g/mol. The molecule has 4 nitrogen and oxygen atoms in total. The summed E-state index contributed by atoms with van der Waals surface area (Å²) in [4.78, 5) is 11.7. The highest BCUT2D eigenvalue weighted by Gasteiger charge is 2.01. The number of amides is 1. The van der Waals surface area contributed by atoms with Gasteiger partial charge in [-0.2, -0.15) is 0 Å². The van der Waals surface area contributed by atoms with Crippen LogP contribution >= 0.6 is 0 Å². The van der Waals surface area contributed by atoms with Crippen LogP contribution in [0.25, 0.3) is 10.8 Å². The molecule has 0 aliphatic rings. The summed E-state index contributed by atoms with van der Waals surface area (Å²) in [5.41, 5.74) is 0. The molecule has 0 radical (unpaired) electrons. The highest BCUT2D eigenvalue weighted by molar-refractivity contribution is 5.88. The molecule has 1 N–H and O–H groups in total. The van der Waals surface area contributed by atoms with Crippen molar-refractivity contribution in [2.75, 3.05) is 19.8 Å². The summed E-state index contributed by atoms with van der Waals surface area (Å²) >= 11 is 0. The lowest BCUT2D eigenvalue weighted by molar-refractivity contribution is -0.122. The number of benzene rings is 3. The largest absolute Gasteiger partial charge is 0.484 e. The molecule has 130 valence electrons. The maximum absolute atomic E-state index is 11.7. The first-order chi connectivity index (χ1) is 12.8. The van der Waals surface area contributed by atoms with Gasteiger partial charge >= 0.3 is 0 Å². The molecule has 0 spiro atoms. The third-order valence-electron chi connectivity index (χ3n) is 3.66. The van der Waals surface area contributed by atoms with Gasteiger partial charge in [0.2, 0.25) is 0 Å². The van der Waals surface area contributed by atoms with Crippen molar-refractivity contribution >= 4 is 16.7 Å².